The highest BCUT2D eigenvalue weighted by Gasteiger charge is 2.32. The van der Waals surface area contributed by atoms with Crippen molar-refractivity contribution in [3.63, 3.8) is 0 Å². The van der Waals surface area contributed by atoms with Gasteiger partial charge in [-0.2, -0.15) is 0 Å². The Morgan fingerprint density at radius 2 is 1.75 bits per heavy atom. The maximum absolute atomic E-state index is 12.3. The fourth-order valence-corrected chi connectivity index (χ4v) is 4.72. The first-order chi connectivity index (χ1) is 13.2. The van der Waals surface area contributed by atoms with Gasteiger partial charge >= 0.3 is 5.97 Å². The number of esters is 1. The molecule has 0 amide bonds. The van der Waals surface area contributed by atoms with Crippen LogP contribution in [0.3, 0.4) is 0 Å². The Balaban J connectivity index is 1.69. The number of anilines is 1. The van der Waals surface area contributed by atoms with E-state index in [9.17, 15) is 18.0 Å². The van der Waals surface area contributed by atoms with Gasteiger partial charge in [0.2, 0.25) is 10.0 Å². The molecule has 1 heterocycles. The molecule has 0 saturated carbocycles. The van der Waals surface area contributed by atoms with Gasteiger partial charge in [-0.3, -0.25) is 9.10 Å². The van der Waals surface area contributed by atoms with Crippen LogP contribution in [0.15, 0.2) is 42.5 Å². The lowest BCUT2D eigenvalue weighted by Gasteiger charge is -2.21. The van der Waals surface area contributed by atoms with Gasteiger partial charge in [-0.1, -0.05) is 31.2 Å². The first kappa shape index (κ1) is 20.1. The van der Waals surface area contributed by atoms with Crippen LogP contribution in [0.1, 0.15) is 45.7 Å². The van der Waals surface area contributed by atoms with Crippen molar-refractivity contribution in [1.82, 2.24) is 0 Å². The average molecular weight is 401 g/mol. The summed E-state index contributed by atoms with van der Waals surface area (Å²) >= 11 is 0. The number of hydrogen-bond acceptors (Lipinski definition) is 5. The Hall–Kier alpha value is -2.67. The summed E-state index contributed by atoms with van der Waals surface area (Å²) in [4.78, 5) is 24.5. The third-order valence-corrected chi connectivity index (χ3v) is 6.12. The number of ether oxygens (including phenoxy) is 1. The molecule has 0 fully saturated rings. The minimum absolute atomic E-state index is 0.205. The highest BCUT2D eigenvalue weighted by atomic mass is 32.2. The molecule has 0 aromatic heterocycles. The van der Waals surface area contributed by atoms with Gasteiger partial charge in [0, 0.05) is 11.6 Å². The molecule has 0 aliphatic carbocycles. The molecule has 7 heteroatoms. The Bertz CT molecular complexity index is 1010. The molecule has 0 N–H and O–H groups in total. The fraction of sp³-hybridized carbons (Fsp3) is 0.333. The number of rotatable bonds is 6. The van der Waals surface area contributed by atoms with Gasteiger partial charge in [0.05, 0.1) is 17.5 Å². The van der Waals surface area contributed by atoms with Crippen molar-refractivity contribution in [1.29, 1.82) is 0 Å². The number of ketones is 1. The summed E-state index contributed by atoms with van der Waals surface area (Å²) in [6.07, 6.45) is 2.57. The lowest BCUT2D eigenvalue weighted by Crippen LogP contribution is -2.34. The van der Waals surface area contributed by atoms with E-state index in [2.05, 4.69) is 0 Å². The minimum atomic E-state index is -3.38. The summed E-state index contributed by atoms with van der Waals surface area (Å²) in [6, 6.07) is 11.8. The van der Waals surface area contributed by atoms with Crippen molar-refractivity contribution in [3.8, 4) is 0 Å². The number of fused-ring (bicyclic) bond motifs is 1. The number of sulfonamides is 1. The van der Waals surface area contributed by atoms with Crippen molar-refractivity contribution in [3.05, 3.63) is 64.7 Å². The zero-order valence-corrected chi connectivity index (χ0v) is 17.0. The fourth-order valence-electron chi connectivity index (χ4n) is 3.46. The Morgan fingerprint density at radius 3 is 2.36 bits per heavy atom. The highest BCUT2D eigenvalue weighted by molar-refractivity contribution is 7.92. The second-order valence-electron chi connectivity index (χ2n) is 7.01. The van der Waals surface area contributed by atoms with Crippen LogP contribution < -0.4 is 4.31 Å². The van der Waals surface area contributed by atoms with Gasteiger partial charge in [0.1, 0.15) is 0 Å². The molecule has 28 heavy (non-hydrogen) atoms. The molecule has 2 aromatic rings. The van der Waals surface area contributed by atoms with Crippen molar-refractivity contribution in [2.45, 2.75) is 32.7 Å². The largest absolute Gasteiger partial charge is 0.454 e. The molecule has 2 aromatic carbocycles. The Kier molecular flexibility index (Phi) is 5.56. The van der Waals surface area contributed by atoms with Crippen molar-refractivity contribution < 1.29 is 22.7 Å². The zero-order valence-electron chi connectivity index (χ0n) is 16.1. The van der Waals surface area contributed by atoms with Crippen molar-refractivity contribution in [2.75, 3.05) is 17.2 Å². The summed E-state index contributed by atoms with van der Waals surface area (Å²) < 4.78 is 30.5. The molecule has 0 unspecified atom stereocenters. The van der Waals surface area contributed by atoms with Crippen LogP contribution in [0.25, 0.3) is 0 Å². The Morgan fingerprint density at radius 1 is 1.11 bits per heavy atom. The van der Waals surface area contributed by atoms with E-state index in [0.29, 0.717) is 23.2 Å². The van der Waals surface area contributed by atoms with E-state index < -0.39 is 16.0 Å². The van der Waals surface area contributed by atoms with E-state index in [1.165, 1.54) is 16.6 Å². The third-order valence-electron chi connectivity index (χ3n) is 4.84. The highest BCUT2D eigenvalue weighted by Crippen LogP contribution is 2.34. The number of nitrogens with zero attached hydrogens (tertiary/aromatic N) is 1. The van der Waals surface area contributed by atoms with E-state index in [0.717, 1.165) is 17.5 Å². The molecule has 1 aliphatic heterocycles. The van der Waals surface area contributed by atoms with E-state index in [-0.39, 0.29) is 18.4 Å². The number of carbonyl (C=O) groups excluding carboxylic acids is 2. The van der Waals surface area contributed by atoms with Crippen molar-refractivity contribution in [2.24, 2.45) is 0 Å². The minimum Gasteiger partial charge on any atom is -0.454 e. The molecule has 0 saturated heterocycles. The lowest BCUT2D eigenvalue weighted by molar-refractivity contribution is 0.0474. The topological polar surface area (TPSA) is 80.8 Å². The smallest absolute Gasteiger partial charge is 0.338 e. The van der Waals surface area contributed by atoms with Crippen LogP contribution in [0, 0.1) is 0 Å². The molecule has 0 bridgehead atoms. The molecule has 1 aliphatic rings. The number of aryl methyl sites for hydroxylation is 1. The van der Waals surface area contributed by atoms with E-state index in [1.807, 2.05) is 26.0 Å². The monoisotopic (exact) mass is 401 g/mol. The molecule has 0 radical (unpaired) electrons. The van der Waals surface area contributed by atoms with Gasteiger partial charge in [-0.05, 0) is 49.1 Å². The van der Waals surface area contributed by atoms with Crippen LogP contribution in [0.2, 0.25) is 0 Å². The number of hydrogen-bond donors (Lipinski definition) is 0. The lowest BCUT2D eigenvalue weighted by atomic mass is 10.1. The molecular weight excluding hydrogens is 378 g/mol. The summed E-state index contributed by atoms with van der Waals surface area (Å²) in [5.41, 5.74) is 3.28. The summed E-state index contributed by atoms with van der Waals surface area (Å²) in [6.45, 7) is 3.51. The van der Waals surface area contributed by atoms with E-state index in [4.69, 9.17) is 4.74 Å². The molecule has 6 nitrogen and oxygen atoms in total. The normalized spacial score (nSPS) is 16.0. The van der Waals surface area contributed by atoms with Gasteiger partial charge in [-0.25, -0.2) is 13.2 Å². The maximum atomic E-state index is 12.3. The summed E-state index contributed by atoms with van der Waals surface area (Å²) in [5.74, 6) is -0.874. The maximum Gasteiger partial charge on any atom is 0.338 e. The predicted molar refractivity (Wildman–Crippen MR) is 107 cm³/mol. The van der Waals surface area contributed by atoms with Crippen LogP contribution in [-0.4, -0.2) is 39.1 Å². The van der Waals surface area contributed by atoms with Gasteiger partial charge in [0.25, 0.3) is 0 Å². The number of Topliss-reactive ketones (excluding diaryl/α,β-unsaturated/α-hetero) is 1. The van der Waals surface area contributed by atoms with Crippen LogP contribution in [-0.2, 0) is 27.6 Å². The number of benzene rings is 2. The summed E-state index contributed by atoms with van der Waals surface area (Å²) in [5, 5.41) is 0. The quantitative estimate of drug-likeness (QED) is 0.549. The standard InChI is InChI=1S/C21H23NO5S/c1-4-15-5-7-16(8-6-15)20(23)13-27-21(24)17-9-10-19-18(12-17)11-14(2)22(19)28(3,25)26/h5-10,12,14H,4,11,13H2,1-3H3/t14-/m1/s1. The van der Waals surface area contributed by atoms with Gasteiger partial charge < -0.3 is 4.74 Å². The first-order valence-corrected chi connectivity index (χ1v) is 11.0. The van der Waals surface area contributed by atoms with Crippen LogP contribution in [0.4, 0.5) is 5.69 Å². The van der Waals surface area contributed by atoms with Gasteiger partial charge in [-0.15, -0.1) is 0 Å². The molecular formula is C21H23NO5S. The predicted octanol–water partition coefficient (Wildman–Crippen LogP) is 3.00. The number of carbonyl (C=O) groups is 2. The van der Waals surface area contributed by atoms with E-state index in [1.54, 1.807) is 24.3 Å². The van der Waals surface area contributed by atoms with Gasteiger partial charge in [0.15, 0.2) is 12.4 Å². The summed E-state index contributed by atoms with van der Waals surface area (Å²) in [7, 11) is -3.38. The zero-order chi connectivity index (χ0) is 20.5. The average Bonchev–Trinajstić information content (AvgIpc) is 3.00. The van der Waals surface area contributed by atoms with Crippen molar-refractivity contribution >= 4 is 27.5 Å². The molecule has 1 atom stereocenters. The molecule has 148 valence electrons. The first-order valence-electron chi connectivity index (χ1n) is 9.12. The Labute approximate surface area is 165 Å². The molecule has 0 spiro atoms. The van der Waals surface area contributed by atoms with Crippen LogP contribution >= 0.6 is 0 Å². The molecule has 3 rings (SSSR count). The SMILES string of the molecule is CCc1ccc(C(=O)COC(=O)c2ccc3c(c2)C[C@@H](C)N3S(C)(=O)=O)cc1. The second-order valence-corrected chi connectivity index (χ2v) is 8.86. The second kappa shape index (κ2) is 7.75. The van der Waals surface area contributed by atoms with E-state index >= 15 is 0 Å². The third kappa shape index (κ3) is 4.09. The van der Waals surface area contributed by atoms with Crippen LogP contribution in [0.5, 0.6) is 0 Å².